The van der Waals surface area contributed by atoms with Gasteiger partial charge in [-0.3, -0.25) is 4.79 Å². The molecule has 1 amide bonds. The summed E-state index contributed by atoms with van der Waals surface area (Å²) < 4.78 is 5.42. The Balaban J connectivity index is 0.00000385. The molecule has 2 aromatic carbocycles. The highest BCUT2D eigenvalue weighted by molar-refractivity contribution is 14.0. The summed E-state index contributed by atoms with van der Waals surface area (Å²) in [5.41, 5.74) is 4.21. The predicted octanol–water partition coefficient (Wildman–Crippen LogP) is 4.55. The van der Waals surface area contributed by atoms with Crippen molar-refractivity contribution < 1.29 is 9.53 Å². The highest BCUT2D eigenvalue weighted by Gasteiger charge is 2.17. The summed E-state index contributed by atoms with van der Waals surface area (Å²) in [6.07, 6.45) is 4.32. The molecule has 2 N–H and O–H groups in total. The summed E-state index contributed by atoms with van der Waals surface area (Å²) in [4.78, 5) is 19.3. The highest BCUT2D eigenvalue weighted by Crippen LogP contribution is 2.19. The van der Waals surface area contributed by atoms with Crippen LogP contribution in [0, 0.1) is 6.92 Å². The second-order valence-corrected chi connectivity index (χ2v) is 8.23. The van der Waals surface area contributed by atoms with Crippen LogP contribution in [0.15, 0.2) is 47.5 Å². The number of methoxy groups -OCH3 is 1. The molecule has 0 saturated carbocycles. The van der Waals surface area contributed by atoms with Crippen LogP contribution < -0.4 is 15.4 Å². The molecule has 2 aromatic rings. The lowest BCUT2D eigenvalue weighted by atomic mass is 10.1. The fourth-order valence-corrected chi connectivity index (χ4v) is 3.89. The lowest BCUT2D eigenvalue weighted by Gasteiger charge is -2.26. The van der Waals surface area contributed by atoms with E-state index in [0.717, 1.165) is 73.8 Å². The van der Waals surface area contributed by atoms with Crippen LogP contribution in [0.25, 0.3) is 0 Å². The minimum Gasteiger partial charge on any atom is -0.496 e. The van der Waals surface area contributed by atoms with Crippen molar-refractivity contribution >= 4 is 35.8 Å². The number of aliphatic imine (C=N–C) groups is 1. The lowest BCUT2D eigenvalue weighted by Crippen LogP contribution is -2.38. The Kier molecular flexibility index (Phi) is 11.5. The number of hydrogen-bond acceptors (Lipinski definition) is 3. The van der Waals surface area contributed by atoms with E-state index in [0.29, 0.717) is 6.54 Å². The molecule has 7 heteroatoms. The Bertz CT molecular complexity index is 909. The van der Waals surface area contributed by atoms with Gasteiger partial charge in [0.05, 0.1) is 13.7 Å². The van der Waals surface area contributed by atoms with Crippen LogP contribution in [0.2, 0.25) is 0 Å². The molecule has 0 aromatic heterocycles. The minimum atomic E-state index is 0. The van der Waals surface area contributed by atoms with Crippen LogP contribution in [0.4, 0.5) is 0 Å². The molecule has 6 nitrogen and oxygen atoms in total. The molecular formula is C26H37IN4O2. The third kappa shape index (κ3) is 8.21. The number of hydrogen-bond donors (Lipinski definition) is 2. The largest absolute Gasteiger partial charge is 0.496 e. The number of aryl methyl sites for hydroxylation is 1. The van der Waals surface area contributed by atoms with Crippen molar-refractivity contribution in [1.82, 2.24) is 15.5 Å². The quantitative estimate of drug-likeness (QED) is 0.281. The van der Waals surface area contributed by atoms with Crippen LogP contribution in [-0.2, 0) is 13.0 Å². The number of guanidine groups is 1. The Morgan fingerprint density at radius 3 is 2.39 bits per heavy atom. The first-order chi connectivity index (χ1) is 15.6. The summed E-state index contributed by atoms with van der Waals surface area (Å²) in [6.45, 7) is 7.99. The third-order valence-electron chi connectivity index (χ3n) is 5.79. The average molecular weight is 565 g/mol. The number of ether oxygens (including phenoxy) is 1. The number of amides is 1. The van der Waals surface area contributed by atoms with E-state index in [-0.39, 0.29) is 29.9 Å². The highest BCUT2D eigenvalue weighted by atomic mass is 127. The van der Waals surface area contributed by atoms with Gasteiger partial charge in [-0.25, -0.2) is 4.99 Å². The molecule has 0 atom stereocenters. The van der Waals surface area contributed by atoms with E-state index in [1.54, 1.807) is 7.11 Å². The van der Waals surface area contributed by atoms with Gasteiger partial charge in [-0.15, -0.1) is 24.0 Å². The molecular weight excluding hydrogens is 527 g/mol. The molecule has 0 unspecified atom stereocenters. The van der Waals surface area contributed by atoms with Gasteiger partial charge < -0.3 is 20.3 Å². The van der Waals surface area contributed by atoms with Crippen LogP contribution >= 0.6 is 24.0 Å². The summed E-state index contributed by atoms with van der Waals surface area (Å²) in [5, 5.41) is 6.70. The number of halogens is 1. The van der Waals surface area contributed by atoms with E-state index < -0.39 is 0 Å². The molecule has 1 heterocycles. The number of carbonyl (C=O) groups excluding carboxylic acids is 1. The van der Waals surface area contributed by atoms with Gasteiger partial charge in [-0.1, -0.05) is 24.3 Å². The van der Waals surface area contributed by atoms with Crippen molar-refractivity contribution in [2.24, 2.45) is 4.99 Å². The van der Waals surface area contributed by atoms with E-state index in [1.165, 1.54) is 12.0 Å². The fraction of sp³-hybridized carbons (Fsp3) is 0.462. The van der Waals surface area contributed by atoms with Crippen molar-refractivity contribution in [2.45, 2.75) is 46.1 Å². The Morgan fingerprint density at radius 1 is 1.03 bits per heavy atom. The van der Waals surface area contributed by atoms with Crippen molar-refractivity contribution in [1.29, 1.82) is 0 Å². The average Bonchev–Trinajstić information content (AvgIpc) is 2.84. The van der Waals surface area contributed by atoms with E-state index in [9.17, 15) is 4.79 Å². The van der Waals surface area contributed by atoms with E-state index >= 15 is 0 Å². The molecule has 180 valence electrons. The van der Waals surface area contributed by atoms with Crippen molar-refractivity contribution in [3.63, 3.8) is 0 Å². The molecule has 1 saturated heterocycles. The smallest absolute Gasteiger partial charge is 0.253 e. The molecule has 3 rings (SSSR count). The van der Waals surface area contributed by atoms with Gasteiger partial charge in [-0.2, -0.15) is 0 Å². The van der Waals surface area contributed by atoms with Gasteiger partial charge in [0.25, 0.3) is 5.91 Å². The fourth-order valence-electron chi connectivity index (χ4n) is 3.89. The Labute approximate surface area is 215 Å². The van der Waals surface area contributed by atoms with Crippen molar-refractivity contribution in [3.8, 4) is 5.75 Å². The van der Waals surface area contributed by atoms with Gasteiger partial charge >= 0.3 is 0 Å². The maximum atomic E-state index is 12.6. The minimum absolute atomic E-state index is 0. The number of likely N-dealkylation sites (tertiary alicyclic amines) is 1. The van der Waals surface area contributed by atoms with Crippen LogP contribution in [0.3, 0.4) is 0 Å². The van der Waals surface area contributed by atoms with Crippen molar-refractivity contribution in [2.75, 3.05) is 33.3 Å². The maximum Gasteiger partial charge on any atom is 0.253 e. The SMILES string of the molecule is CCNC(=NCc1ccc(C(=O)N2CCCCC2)cc1)NCCc1ccc(C)c(OC)c1.I. The topological polar surface area (TPSA) is 66.0 Å². The molecule has 0 radical (unpaired) electrons. The number of rotatable bonds is 8. The first-order valence-electron chi connectivity index (χ1n) is 11.6. The normalized spacial score (nSPS) is 13.8. The second-order valence-electron chi connectivity index (χ2n) is 8.23. The van der Waals surface area contributed by atoms with E-state index in [1.807, 2.05) is 36.1 Å². The molecule has 0 bridgehead atoms. The number of benzene rings is 2. The number of piperidine rings is 1. The van der Waals surface area contributed by atoms with E-state index in [4.69, 9.17) is 9.73 Å². The standard InChI is InChI=1S/C26H36N4O2.HI/c1-4-27-26(28-15-14-21-9-8-20(2)24(18-21)32-3)29-19-22-10-12-23(13-11-22)25(31)30-16-6-5-7-17-30;/h8-13,18H,4-7,14-17,19H2,1-3H3,(H2,27,28,29);1H. The number of carbonyl (C=O) groups is 1. The first kappa shape index (κ1) is 27.0. The van der Waals surface area contributed by atoms with Gasteiger partial charge in [0.1, 0.15) is 5.75 Å². The molecule has 1 aliphatic heterocycles. The van der Waals surface area contributed by atoms with Crippen LogP contribution in [0.5, 0.6) is 5.75 Å². The van der Waals surface area contributed by atoms with Crippen LogP contribution in [-0.4, -0.2) is 50.1 Å². The summed E-state index contributed by atoms with van der Waals surface area (Å²) in [5.74, 6) is 1.85. The molecule has 0 aliphatic carbocycles. The molecule has 0 spiro atoms. The monoisotopic (exact) mass is 564 g/mol. The Hall–Kier alpha value is -2.29. The van der Waals surface area contributed by atoms with Gasteiger partial charge in [0, 0.05) is 31.7 Å². The zero-order valence-electron chi connectivity index (χ0n) is 20.0. The lowest BCUT2D eigenvalue weighted by molar-refractivity contribution is 0.0724. The van der Waals surface area contributed by atoms with Gasteiger partial charge in [0.15, 0.2) is 5.96 Å². The summed E-state index contributed by atoms with van der Waals surface area (Å²) >= 11 is 0. The van der Waals surface area contributed by atoms with E-state index in [2.05, 4.69) is 35.8 Å². The molecule has 1 fully saturated rings. The zero-order chi connectivity index (χ0) is 22.8. The molecule has 33 heavy (non-hydrogen) atoms. The summed E-state index contributed by atoms with van der Waals surface area (Å²) in [7, 11) is 1.70. The molecule has 1 aliphatic rings. The Morgan fingerprint density at radius 2 is 1.73 bits per heavy atom. The predicted molar refractivity (Wildman–Crippen MR) is 146 cm³/mol. The van der Waals surface area contributed by atoms with Crippen molar-refractivity contribution in [3.05, 3.63) is 64.7 Å². The van der Waals surface area contributed by atoms with Gasteiger partial charge in [-0.05, 0) is 74.4 Å². The second kappa shape index (κ2) is 14.1. The first-order valence-corrected chi connectivity index (χ1v) is 11.6. The number of nitrogens with zero attached hydrogens (tertiary/aromatic N) is 2. The van der Waals surface area contributed by atoms with Gasteiger partial charge in [0.2, 0.25) is 0 Å². The zero-order valence-corrected chi connectivity index (χ0v) is 22.4. The van der Waals surface area contributed by atoms with Crippen LogP contribution in [0.1, 0.15) is 53.2 Å². The summed E-state index contributed by atoms with van der Waals surface area (Å²) in [6, 6.07) is 14.2. The third-order valence-corrected chi connectivity index (χ3v) is 5.79. The maximum absolute atomic E-state index is 12.6. The number of nitrogens with one attached hydrogen (secondary N) is 2.